The molecule has 6 heteroatoms. The average Bonchev–Trinajstić information content (AvgIpc) is 2.71. The molecular formula is C18H24N4O2. The number of fused-ring (bicyclic) bond motifs is 1. The van der Waals surface area contributed by atoms with Crippen molar-refractivity contribution in [2.75, 3.05) is 32.7 Å². The molecule has 0 radical (unpaired) electrons. The number of nitrogens with zero attached hydrogens (tertiary/aromatic N) is 2. The summed E-state index contributed by atoms with van der Waals surface area (Å²) in [6.45, 7) is 5.16. The van der Waals surface area contributed by atoms with Crippen LogP contribution in [0.25, 0.3) is 10.9 Å². The summed E-state index contributed by atoms with van der Waals surface area (Å²) in [4.78, 5) is 31.1. The van der Waals surface area contributed by atoms with Crippen molar-refractivity contribution in [2.45, 2.75) is 19.8 Å². The normalized spacial score (nSPS) is 16.3. The second kappa shape index (κ2) is 7.05. The fraction of sp³-hybridized carbons (Fsp3) is 0.444. The van der Waals surface area contributed by atoms with Crippen molar-refractivity contribution in [1.82, 2.24) is 14.8 Å². The quantitative estimate of drug-likeness (QED) is 0.880. The maximum absolute atomic E-state index is 12.7. The molecule has 0 saturated carbocycles. The van der Waals surface area contributed by atoms with E-state index in [1.807, 2.05) is 34.9 Å². The summed E-state index contributed by atoms with van der Waals surface area (Å²) in [6, 6.07) is 8.08. The molecule has 1 saturated heterocycles. The van der Waals surface area contributed by atoms with E-state index in [-0.39, 0.29) is 18.4 Å². The van der Waals surface area contributed by atoms with Crippen molar-refractivity contribution < 1.29 is 9.59 Å². The van der Waals surface area contributed by atoms with Gasteiger partial charge in [-0.25, -0.2) is 0 Å². The summed E-state index contributed by atoms with van der Waals surface area (Å²) in [5, 5.41) is 1.12. The average molecular weight is 328 g/mol. The smallest absolute Gasteiger partial charge is 0.231 e. The fourth-order valence-corrected chi connectivity index (χ4v) is 3.42. The molecule has 1 fully saturated rings. The van der Waals surface area contributed by atoms with Gasteiger partial charge in [0.2, 0.25) is 11.8 Å². The van der Waals surface area contributed by atoms with Crippen LogP contribution in [0, 0.1) is 6.92 Å². The predicted octanol–water partition coefficient (Wildman–Crippen LogP) is 1.04. The zero-order chi connectivity index (χ0) is 17.1. The van der Waals surface area contributed by atoms with Gasteiger partial charge < -0.3 is 15.6 Å². The van der Waals surface area contributed by atoms with Crippen LogP contribution in [0.15, 0.2) is 24.3 Å². The molecule has 2 amide bonds. The number of benzene rings is 1. The van der Waals surface area contributed by atoms with Crippen LogP contribution in [0.5, 0.6) is 0 Å². The van der Waals surface area contributed by atoms with Crippen LogP contribution in [0.1, 0.15) is 17.7 Å². The number of nitrogens with two attached hydrogens (primary N) is 1. The van der Waals surface area contributed by atoms with E-state index in [1.54, 1.807) is 0 Å². The minimum absolute atomic E-state index is 0.142. The number of aryl methyl sites for hydroxylation is 1. The topological polar surface area (TPSA) is 82.4 Å². The van der Waals surface area contributed by atoms with E-state index < -0.39 is 0 Å². The third-order valence-electron chi connectivity index (χ3n) is 4.68. The Bertz CT molecular complexity index is 753. The van der Waals surface area contributed by atoms with E-state index in [4.69, 9.17) is 5.73 Å². The lowest BCUT2D eigenvalue weighted by atomic mass is 10.1. The number of carbonyl (C=O) groups is 2. The minimum atomic E-state index is -0.316. The Kier molecular flexibility index (Phi) is 4.85. The van der Waals surface area contributed by atoms with Crippen molar-refractivity contribution >= 4 is 22.7 Å². The maximum atomic E-state index is 12.7. The Morgan fingerprint density at radius 3 is 2.75 bits per heavy atom. The molecule has 0 unspecified atom stereocenters. The zero-order valence-corrected chi connectivity index (χ0v) is 14.0. The number of hydrogen-bond acceptors (Lipinski definition) is 3. The van der Waals surface area contributed by atoms with Crippen molar-refractivity contribution in [2.24, 2.45) is 5.73 Å². The SMILES string of the molecule is Cc1[nH]c2ccccc2c1CC(=O)N1CCCN(CC(N)=O)CC1. The van der Waals surface area contributed by atoms with Gasteiger partial charge in [0.25, 0.3) is 0 Å². The number of carbonyl (C=O) groups excluding carboxylic acids is 2. The number of primary amides is 1. The van der Waals surface area contributed by atoms with E-state index in [9.17, 15) is 9.59 Å². The van der Waals surface area contributed by atoms with Crippen molar-refractivity contribution in [3.63, 3.8) is 0 Å². The first-order chi connectivity index (χ1) is 11.5. The molecular weight excluding hydrogens is 304 g/mol. The number of aromatic nitrogens is 1. The van der Waals surface area contributed by atoms with Crippen molar-refractivity contribution in [3.8, 4) is 0 Å². The van der Waals surface area contributed by atoms with Crippen LogP contribution in [-0.4, -0.2) is 59.3 Å². The van der Waals surface area contributed by atoms with E-state index in [1.165, 1.54) is 0 Å². The highest BCUT2D eigenvalue weighted by atomic mass is 16.2. The van der Waals surface area contributed by atoms with E-state index in [2.05, 4.69) is 11.1 Å². The molecule has 1 aromatic heterocycles. The number of amides is 2. The number of nitrogens with one attached hydrogen (secondary N) is 1. The van der Waals surface area contributed by atoms with Gasteiger partial charge in [0.15, 0.2) is 0 Å². The Hall–Kier alpha value is -2.34. The van der Waals surface area contributed by atoms with Gasteiger partial charge in [-0.05, 0) is 25.0 Å². The monoisotopic (exact) mass is 328 g/mol. The third kappa shape index (κ3) is 3.59. The highest BCUT2D eigenvalue weighted by Gasteiger charge is 2.21. The third-order valence-corrected chi connectivity index (χ3v) is 4.68. The largest absolute Gasteiger partial charge is 0.369 e. The standard InChI is InChI=1S/C18H24N4O2/c1-13-15(14-5-2-3-6-16(14)20-13)11-18(24)22-8-4-7-21(9-10-22)12-17(19)23/h2-3,5-6,20H,4,7-12H2,1H3,(H2,19,23). The molecule has 3 rings (SSSR count). The Balaban J connectivity index is 1.68. The molecule has 3 N–H and O–H groups in total. The Labute approximate surface area is 141 Å². The first kappa shape index (κ1) is 16.5. The predicted molar refractivity (Wildman–Crippen MR) is 93.6 cm³/mol. The number of rotatable bonds is 4. The van der Waals surface area contributed by atoms with Gasteiger partial charge in [-0.2, -0.15) is 0 Å². The lowest BCUT2D eigenvalue weighted by Gasteiger charge is -2.21. The lowest BCUT2D eigenvalue weighted by Crippen LogP contribution is -2.38. The van der Waals surface area contributed by atoms with E-state index in [0.717, 1.165) is 41.7 Å². The molecule has 1 aromatic carbocycles. The minimum Gasteiger partial charge on any atom is -0.369 e. The molecule has 6 nitrogen and oxygen atoms in total. The van der Waals surface area contributed by atoms with Crippen molar-refractivity contribution in [3.05, 3.63) is 35.5 Å². The van der Waals surface area contributed by atoms with Crippen LogP contribution in [0.2, 0.25) is 0 Å². The molecule has 0 spiro atoms. The van der Waals surface area contributed by atoms with Crippen LogP contribution < -0.4 is 5.73 Å². The fourth-order valence-electron chi connectivity index (χ4n) is 3.42. The van der Waals surface area contributed by atoms with Gasteiger partial charge in [0.1, 0.15) is 0 Å². The zero-order valence-electron chi connectivity index (χ0n) is 14.0. The summed E-state index contributed by atoms with van der Waals surface area (Å²) in [7, 11) is 0. The van der Waals surface area contributed by atoms with Gasteiger partial charge >= 0.3 is 0 Å². The van der Waals surface area contributed by atoms with Gasteiger partial charge in [0.05, 0.1) is 13.0 Å². The molecule has 0 atom stereocenters. The van der Waals surface area contributed by atoms with Gasteiger partial charge in [-0.3, -0.25) is 14.5 Å². The molecule has 2 heterocycles. The summed E-state index contributed by atoms with van der Waals surface area (Å²) >= 11 is 0. The molecule has 128 valence electrons. The van der Waals surface area contributed by atoms with Crippen LogP contribution in [0.4, 0.5) is 0 Å². The van der Waals surface area contributed by atoms with Crippen LogP contribution in [0.3, 0.4) is 0 Å². The number of para-hydroxylation sites is 1. The second-order valence-corrected chi connectivity index (χ2v) is 6.43. The van der Waals surface area contributed by atoms with E-state index >= 15 is 0 Å². The second-order valence-electron chi connectivity index (χ2n) is 6.43. The highest BCUT2D eigenvalue weighted by molar-refractivity contribution is 5.90. The highest BCUT2D eigenvalue weighted by Crippen LogP contribution is 2.23. The first-order valence-electron chi connectivity index (χ1n) is 8.39. The number of hydrogen-bond donors (Lipinski definition) is 2. The summed E-state index contributed by atoms with van der Waals surface area (Å²) in [5.74, 6) is -0.173. The summed E-state index contributed by atoms with van der Waals surface area (Å²) in [6.07, 6.45) is 1.28. The van der Waals surface area contributed by atoms with Crippen molar-refractivity contribution in [1.29, 1.82) is 0 Å². The summed E-state index contributed by atoms with van der Waals surface area (Å²) in [5.41, 5.74) is 8.46. The molecule has 0 aliphatic carbocycles. The van der Waals surface area contributed by atoms with Crippen LogP contribution in [-0.2, 0) is 16.0 Å². The van der Waals surface area contributed by atoms with E-state index in [0.29, 0.717) is 19.5 Å². The number of aromatic amines is 1. The molecule has 0 bridgehead atoms. The molecule has 1 aliphatic rings. The van der Waals surface area contributed by atoms with Gasteiger partial charge in [-0.1, -0.05) is 18.2 Å². The van der Waals surface area contributed by atoms with Gasteiger partial charge in [-0.15, -0.1) is 0 Å². The molecule has 1 aliphatic heterocycles. The number of H-pyrrole nitrogens is 1. The van der Waals surface area contributed by atoms with Crippen LogP contribution >= 0.6 is 0 Å². The molecule has 24 heavy (non-hydrogen) atoms. The maximum Gasteiger partial charge on any atom is 0.231 e. The first-order valence-corrected chi connectivity index (χ1v) is 8.39. The Morgan fingerprint density at radius 2 is 1.96 bits per heavy atom. The summed E-state index contributed by atoms with van der Waals surface area (Å²) < 4.78 is 0. The molecule has 2 aromatic rings. The lowest BCUT2D eigenvalue weighted by molar-refractivity contribution is -0.130. The Morgan fingerprint density at radius 1 is 1.17 bits per heavy atom. The van der Waals surface area contributed by atoms with Gasteiger partial charge in [0, 0.05) is 42.8 Å².